The third kappa shape index (κ3) is 26.3. The summed E-state index contributed by atoms with van der Waals surface area (Å²) in [5.41, 5.74) is 16.4. The molecule has 0 spiro atoms. The van der Waals surface area contributed by atoms with Crippen LogP contribution in [0.3, 0.4) is 0 Å². The van der Waals surface area contributed by atoms with Gasteiger partial charge in [-0.25, -0.2) is 10.9 Å². The lowest BCUT2D eigenvalue weighted by Gasteiger charge is -2.14. The number of nitrogens with zero attached hydrogens (tertiary/aromatic N) is 2. The van der Waals surface area contributed by atoms with Gasteiger partial charge in [0.05, 0.1) is 54.5 Å². The zero-order valence-electron chi connectivity index (χ0n) is 43.8. The number of hydrogen-bond acceptors (Lipinski definition) is 15. The highest BCUT2D eigenvalue weighted by molar-refractivity contribution is 6.33. The number of nitrogens with two attached hydrogens (primary N) is 1. The minimum atomic E-state index is -0.567. The molecule has 17 nitrogen and oxygen atoms in total. The molecule has 1 unspecified atom stereocenters. The Morgan fingerprint density at radius 3 is 1.59 bits per heavy atom. The van der Waals surface area contributed by atoms with Crippen LogP contribution in [0.25, 0.3) is 0 Å². The van der Waals surface area contributed by atoms with Crippen molar-refractivity contribution in [3.05, 3.63) is 117 Å². The van der Waals surface area contributed by atoms with Gasteiger partial charge in [-0.15, -0.1) is 0 Å². The number of hydrazone groups is 2. The topological polar surface area (TPSA) is 229 Å². The number of methoxy groups -OCH3 is 2. The van der Waals surface area contributed by atoms with Crippen LogP contribution >= 0.6 is 23.2 Å². The Labute approximate surface area is 452 Å². The summed E-state index contributed by atoms with van der Waals surface area (Å²) in [5.74, 6) is 2.86. The first kappa shape index (κ1) is 62.2. The number of nitrogens with one attached hydrogen (secondary N) is 3. The van der Waals surface area contributed by atoms with E-state index in [1.54, 1.807) is 21.1 Å². The van der Waals surface area contributed by atoms with E-state index >= 15 is 0 Å². The SMILES string of the molecule is CCO.COCCc1ccc(OCC2CO2)cc1.COCCc1ccc(OC[C@@H](O)CNCCCCCOc2ccc(C3=NNC(=O)CC3)cc2Cl)cc1.NCCCCCOc1ccc(C2=NNC(=O)CC2)cc1Cl. The molecule has 0 aromatic heterocycles. The first-order valence-electron chi connectivity index (χ1n) is 25.8. The molecule has 3 aliphatic rings. The highest BCUT2D eigenvalue weighted by atomic mass is 35.5. The molecule has 7 N–H and O–H groups in total. The molecular formula is C56H78Cl2N6O11. The third-order valence-corrected chi connectivity index (χ3v) is 12.0. The third-order valence-electron chi connectivity index (χ3n) is 11.4. The van der Waals surface area contributed by atoms with Gasteiger partial charge in [0, 0.05) is 53.1 Å². The Kier molecular flexibility index (Phi) is 31.0. The fraction of sp³-hybridized carbons (Fsp3) is 0.500. The van der Waals surface area contributed by atoms with Crippen LogP contribution in [0.1, 0.15) is 93.4 Å². The molecule has 2 atom stereocenters. The number of aliphatic hydroxyl groups is 2. The number of hydrogen-bond donors (Lipinski definition) is 6. The van der Waals surface area contributed by atoms with E-state index in [0.717, 1.165) is 105 Å². The molecule has 2 amide bonds. The Hall–Kier alpha value is -5.34. The lowest BCUT2D eigenvalue weighted by molar-refractivity contribution is -0.122. The number of aliphatic hydroxyl groups excluding tert-OH is 2. The second-order valence-electron chi connectivity index (χ2n) is 17.6. The Morgan fingerprint density at radius 2 is 1.16 bits per heavy atom. The van der Waals surface area contributed by atoms with Crippen molar-refractivity contribution >= 4 is 46.4 Å². The molecule has 3 heterocycles. The monoisotopic (exact) mass is 1080 g/mol. The maximum atomic E-state index is 11.2. The lowest BCUT2D eigenvalue weighted by Crippen LogP contribution is -2.32. The molecular weight excluding hydrogens is 1000 g/mol. The van der Waals surface area contributed by atoms with Crippen molar-refractivity contribution in [1.82, 2.24) is 16.2 Å². The van der Waals surface area contributed by atoms with Crippen molar-refractivity contribution in [3.63, 3.8) is 0 Å². The standard InChI is InChI=1S/C27H36ClN3O5.C15H20ClN3O2.C12H16O3.C2H6O/c1-34-16-13-20-5-8-23(9-6-20)36-19-22(32)18-29-14-3-2-4-15-35-26-11-7-21(17-24(26)28)25-10-12-27(33)31-30-25;16-12-10-11(13-5-7-15(20)19-18-13)4-6-14(12)21-9-3-1-2-8-17;1-13-7-6-10-2-4-11(5-3-10)14-8-12-9-15-12;1-2-3/h5-9,11,17,22,29,32H,2-4,10,12-16,18-19H2,1H3,(H,31,33);4,6,10H,1-3,5,7-9,17H2,(H,19,20);2-5,12H,6-9H2,1H3;3H,2H2,1H3/t22-;;;/m0.../s1. The van der Waals surface area contributed by atoms with Crippen molar-refractivity contribution in [2.75, 3.05) is 86.7 Å². The van der Waals surface area contributed by atoms with E-state index in [1.807, 2.05) is 72.8 Å². The molecule has 0 bridgehead atoms. The summed E-state index contributed by atoms with van der Waals surface area (Å²) >= 11 is 12.6. The van der Waals surface area contributed by atoms with E-state index in [9.17, 15) is 14.7 Å². The largest absolute Gasteiger partial charge is 0.492 e. The normalized spacial score (nSPS) is 14.9. The number of benzene rings is 4. The molecule has 1 saturated heterocycles. The smallest absolute Gasteiger partial charge is 0.240 e. The first-order chi connectivity index (χ1) is 36.5. The van der Waals surface area contributed by atoms with Gasteiger partial charge in [-0.05, 0) is 154 Å². The van der Waals surface area contributed by atoms with E-state index in [-0.39, 0.29) is 25.0 Å². The Balaban J connectivity index is 0.000000261. The van der Waals surface area contributed by atoms with Crippen LogP contribution < -0.4 is 40.8 Å². The number of carbonyl (C=O) groups excluding carboxylic acids is 2. The van der Waals surface area contributed by atoms with Gasteiger partial charge in [0.25, 0.3) is 0 Å². The summed E-state index contributed by atoms with van der Waals surface area (Å²) in [7, 11) is 3.41. The summed E-state index contributed by atoms with van der Waals surface area (Å²) in [5, 5.41) is 30.2. The number of unbranched alkanes of at least 4 members (excludes halogenated alkanes) is 4. The predicted molar refractivity (Wildman–Crippen MR) is 295 cm³/mol. The van der Waals surface area contributed by atoms with Crippen molar-refractivity contribution in [1.29, 1.82) is 0 Å². The molecule has 3 aliphatic heterocycles. The summed E-state index contributed by atoms with van der Waals surface area (Å²) in [6.07, 6.45) is 9.61. The Bertz CT molecular complexity index is 2300. The molecule has 75 heavy (non-hydrogen) atoms. The van der Waals surface area contributed by atoms with Gasteiger partial charge in [-0.3, -0.25) is 9.59 Å². The van der Waals surface area contributed by atoms with Crippen LogP contribution in [0.5, 0.6) is 23.0 Å². The number of halogens is 2. The van der Waals surface area contributed by atoms with Crippen molar-refractivity contribution in [2.45, 2.75) is 96.2 Å². The second-order valence-corrected chi connectivity index (χ2v) is 18.4. The quantitative estimate of drug-likeness (QED) is 0.0225. The van der Waals surface area contributed by atoms with Crippen LogP contribution in [-0.2, 0) is 36.6 Å². The molecule has 0 radical (unpaired) electrons. The van der Waals surface area contributed by atoms with E-state index in [2.05, 4.69) is 38.5 Å². The zero-order chi connectivity index (χ0) is 53.9. The number of rotatable bonds is 29. The maximum Gasteiger partial charge on any atom is 0.240 e. The number of epoxide rings is 1. The molecule has 19 heteroatoms. The number of ether oxygens (including phenoxy) is 7. The van der Waals surface area contributed by atoms with Crippen molar-refractivity contribution in [2.24, 2.45) is 15.9 Å². The fourth-order valence-electron chi connectivity index (χ4n) is 7.09. The van der Waals surface area contributed by atoms with Crippen LogP contribution in [0, 0.1) is 0 Å². The summed E-state index contributed by atoms with van der Waals surface area (Å²) in [6, 6.07) is 27.2. The fourth-order valence-corrected chi connectivity index (χ4v) is 7.56. The molecule has 4 aromatic rings. The minimum absolute atomic E-state index is 0.0534. The summed E-state index contributed by atoms with van der Waals surface area (Å²) < 4.78 is 37.8. The van der Waals surface area contributed by atoms with Crippen LogP contribution in [0.4, 0.5) is 0 Å². The molecule has 7 rings (SSSR count). The number of amides is 2. The number of carbonyl (C=O) groups is 2. The van der Waals surface area contributed by atoms with E-state index in [4.69, 9.17) is 67.2 Å². The molecule has 0 saturated carbocycles. The van der Waals surface area contributed by atoms with E-state index in [0.29, 0.717) is 92.8 Å². The zero-order valence-corrected chi connectivity index (χ0v) is 45.3. The van der Waals surface area contributed by atoms with Gasteiger partial charge in [0.2, 0.25) is 11.8 Å². The highest BCUT2D eigenvalue weighted by Crippen LogP contribution is 2.28. The van der Waals surface area contributed by atoms with Crippen LogP contribution in [0.15, 0.2) is 95.1 Å². The van der Waals surface area contributed by atoms with Gasteiger partial charge in [0.1, 0.15) is 48.4 Å². The molecule has 1 fully saturated rings. The van der Waals surface area contributed by atoms with Crippen LogP contribution in [-0.4, -0.2) is 132 Å². The molecule has 412 valence electrons. The van der Waals surface area contributed by atoms with Crippen LogP contribution in [0.2, 0.25) is 10.0 Å². The van der Waals surface area contributed by atoms with E-state index < -0.39 is 6.10 Å². The summed E-state index contributed by atoms with van der Waals surface area (Å²) in [4.78, 5) is 22.3. The minimum Gasteiger partial charge on any atom is -0.492 e. The average Bonchev–Trinajstić information content (AvgIpc) is 4.26. The van der Waals surface area contributed by atoms with Crippen molar-refractivity contribution in [3.8, 4) is 23.0 Å². The van der Waals surface area contributed by atoms with Gasteiger partial charge in [0.15, 0.2) is 0 Å². The first-order valence-corrected chi connectivity index (χ1v) is 26.6. The predicted octanol–water partition coefficient (Wildman–Crippen LogP) is 7.84. The summed E-state index contributed by atoms with van der Waals surface area (Å²) in [6.45, 7) is 8.37. The van der Waals surface area contributed by atoms with Crippen molar-refractivity contribution < 1.29 is 53.0 Å². The van der Waals surface area contributed by atoms with Gasteiger partial charge in [-0.1, -0.05) is 47.5 Å². The van der Waals surface area contributed by atoms with Gasteiger partial charge in [-0.2, -0.15) is 10.2 Å². The van der Waals surface area contributed by atoms with E-state index in [1.165, 1.54) is 11.1 Å². The lowest BCUT2D eigenvalue weighted by atomic mass is 10.0. The van der Waals surface area contributed by atoms with Gasteiger partial charge < -0.3 is 54.4 Å². The molecule has 4 aromatic carbocycles. The average molecular weight is 1080 g/mol. The maximum absolute atomic E-state index is 11.2. The Morgan fingerprint density at radius 1 is 0.680 bits per heavy atom. The highest BCUT2D eigenvalue weighted by Gasteiger charge is 2.23. The molecule has 0 aliphatic carbocycles. The van der Waals surface area contributed by atoms with Gasteiger partial charge >= 0.3 is 0 Å². The second kappa shape index (κ2) is 37.4.